The van der Waals surface area contributed by atoms with Crippen LogP contribution in [0.25, 0.3) is 10.8 Å². The summed E-state index contributed by atoms with van der Waals surface area (Å²) < 4.78 is 21.0. The van der Waals surface area contributed by atoms with Crippen molar-refractivity contribution in [3.63, 3.8) is 0 Å². The topological polar surface area (TPSA) is 51.1 Å². The fourth-order valence-electron chi connectivity index (χ4n) is 5.24. The summed E-state index contributed by atoms with van der Waals surface area (Å²) in [7, 11) is 0. The third-order valence-electron chi connectivity index (χ3n) is 7.02. The van der Waals surface area contributed by atoms with Gasteiger partial charge in [0.15, 0.2) is 5.16 Å². The molecule has 8 heteroatoms. The van der Waals surface area contributed by atoms with E-state index in [1.807, 2.05) is 24.5 Å². The fraction of sp³-hybridized carbons (Fsp3) is 0.296. The van der Waals surface area contributed by atoms with Crippen LogP contribution in [0.15, 0.2) is 53.9 Å². The van der Waals surface area contributed by atoms with E-state index in [4.69, 9.17) is 26.3 Å². The van der Waals surface area contributed by atoms with Gasteiger partial charge in [0.25, 0.3) is 0 Å². The first-order valence-electron chi connectivity index (χ1n) is 11.6. The number of fused-ring (bicyclic) bond motifs is 3. The lowest BCUT2D eigenvalue weighted by molar-refractivity contribution is 0.0266. The molecule has 0 fully saturated rings. The van der Waals surface area contributed by atoms with Gasteiger partial charge in [-0.2, -0.15) is 0 Å². The van der Waals surface area contributed by atoms with E-state index in [9.17, 15) is 4.39 Å². The van der Waals surface area contributed by atoms with Crippen LogP contribution in [0.3, 0.4) is 0 Å². The highest BCUT2D eigenvalue weighted by atomic mass is 35.5. The number of benzene rings is 2. The zero-order valence-electron chi connectivity index (χ0n) is 19.5. The third-order valence-corrected chi connectivity index (χ3v) is 7.88. The summed E-state index contributed by atoms with van der Waals surface area (Å²) in [4.78, 5) is 16.0. The van der Waals surface area contributed by atoms with E-state index in [2.05, 4.69) is 35.0 Å². The Kier molecular flexibility index (Phi) is 5.87. The molecule has 4 heterocycles. The van der Waals surface area contributed by atoms with Crippen LogP contribution in [0.5, 0.6) is 0 Å². The lowest BCUT2D eigenvalue weighted by Gasteiger charge is -2.38. The second-order valence-corrected chi connectivity index (χ2v) is 10.3. The number of pyridine rings is 1. The number of hydrogen-bond donors (Lipinski definition) is 0. The molecule has 0 N–H and O–H groups in total. The van der Waals surface area contributed by atoms with Crippen molar-refractivity contribution < 1.29 is 9.13 Å². The Labute approximate surface area is 212 Å². The van der Waals surface area contributed by atoms with E-state index < -0.39 is 0 Å². The van der Waals surface area contributed by atoms with E-state index in [-0.39, 0.29) is 18.0 Å². The Morgan fingerprint density at radius 3 is 2.74 bits per heavy atom. The second-order valence-electron chi connectivity index (χ2n) is 9.09. The molecular weight excluding hydrogens is 483 g/mol. The van der Waals surface area contributed by atoms with Gasteiger partial charge in [0.1, 0.15) is 11.6 Å². The molecule has 1 unspecified atom stereocenters. The van der Waals surface area contributed by atoms with E-state index in [0.29, 0.717) is 36.7 Å². The number of aromatic nitrogens is 3. The number of ether oxygens (including phenoxy) is 1. The molecule has 0 radical (unpaired) electrons. The molecule has 2 aromatic carbocycles. The number of thioether (sulfide) groups is 1. The Morgan fingerprint density at radius 2 is 1.91 bits per heavy atom. The number of rotatable bonds is 3. The molecule has 0 spiro atoms. The minimum atomic E-state index is -0.267. The Hall–Kier alpha value is -2.74. The Bertz CT molecular complexity index is 1440. The summed E-state index contributed by atoms with van der Waals surface area (Å²) in [5.41, 5.74) is 4.68. The molecular formula is C27H24ClFN4OS. The SMILES string of the molecule is CSc1nc2c(c(N3Cc4c(F)cncc4CC3C)n1)CO[C@H](c1cccc3cccc(Cl)c13)C2. The summed E-state index contributed by atoms with van der Waals surface area (Å²) in [6.45, 7) is 2.98. The molecule has 0 aliphatic carbocycles. The molecule has 35 heavy (non-hydrogen) atoms. The fourth-order valence-corrected chi connectivity index (χ4v) is 5.91. The van der Waals surface area contributed by atoms with Crippen molar-refractivity contribution in [2.24, 2.45) is 0 Å². The lowest BCUT2D eigenvalue weighted by atomic mass is 9.93. The monoisotopic (exact) mass is 506 g/mol. The van der Waals surface area contributed by atoms with Crippen molar-refractivity contribution in [2.75, 3.05) is 11.2 Å². The minimum absolute atomic E-state index is 0.148. The summed E-state index contributed by atoms with van der Waals surface area (Å²) in [5, 5.41) is 3.55. The van der Waals surface area contributed by atoms with Crippen LogP contribution in [0.2, 0.25) is 5.02 Å². The van der Waals surface area contributed by atoms with E-state index in [0.717, 1.165) is 44.0 Å². The van der Waals surface area contributed by atoms with Gasteiger partial charge in [-0.25, -0.2) is 14.4 Å². The van der Waals surface area contributed by atoms with Crippen LogP contribution in [0.1, 0.15) is 41.0 Å². The van der Waals surface area contributed by atoms with Gasteiger partial charge < -0.3 is 9.64 Å². The molecule has 178 valence electrons. The van der Waals surface area contributed by atoms with Gasteiger partial charge in [-0.3, -0.25) is 4.98 Å². The van der Waals surface area contributed by atoms with Crippen molar-refractivity contribution in [1.82, 2.24) is 15.0 Å². The molecule has 5 nitrogen and oxygen atoms in total. The molecule has 2 aromatic heterocycles. The largest absolute Gasteiger partial charge is 0.368 e. The average Bonchev–Trinajstić information content (AvgIpc) is 2.87. The molecule has 2 aliphatic rings. The molecule has 0 saturated carbocycles. The summed E-state index contributed by atoms with van der Waals surface area (Å²) in [6, 6.07) is 12.3. The second kappa shape index (κ2) is 9.04. The van der Waals surface area contributed by atoms with Crippen LogP contribution >= 0.6 is 23.4 Å². The molecule has 0 bridgehead atoms. The van der Waals surface area contributed by atoms with Crippen molar-refractivity contribution in [3.8, 4) is 0 Å². The standard InChI is InChI=1S/C27H24ClFN4OS/c1-15-9-17-11-30-12-22(29)19(17)13-33(15)26-20-14-34-24(10-23(20)31-27(32-26)35-2)18-7-3-5-16-6-4-8-21(28)25(16)18/h3-8,11-12,15,24H,9-10,13-14H2,1-2H3/t15?,24-/m0/s1. The van der Waals surface area contributed by atoms with E-state index in [1.165, 1.54) is 18.0 Å². The van der Waals surface area contributed by atoms with Crippen molar-refractivity contribution in [3.05, 3.63) is 87.6 Å². The van der Waals surface area contributed by atoms with Gasteiger partial charge in [-0.15, -0.1) is 0 Å². The maximum absolute atomic E-state index is 14.6. The molecule has 0 amide bonds. The molecule has 6 rings (SSSR count). The highest BCUT2D eigenvalue weighted by Crippen LogP contribution is 2.40. The normalized spacial score (nSPS) is 19.5. The molecule has 2 aliphatic heterocycles. The number of nitrogens with zero attached hydrogens (tertiary/aromatic N) is 4. The van der Waals surface area contributed by atoms with Crippen molar-refractivity contribution >= 4 is 40.0 Å². The maximum Gasteiger partial charge on any atom is 0.189 e. The van der Waals surface area contributed by atoms with Gasteiger partial charge in [0.05, 0.1) is 24.6 Å². The zero-order chi connectivity index (χ0) is 24.1. The zero-order valence-corrected chi connectivity index (χ0v) is 21.0. The third kappa shape index (κ3) is 3.96. The van der Waals surface area contributed by atoms with Crippen LogP contribution < -0.4 is 4.90 Å². The summed E-state index contributed by atoms with van der Waals surface area (Å²) in [5.74, 6) is 0.569. The maximum atomic E-state index is 14.6. The first-order valence-corrected chi connectivity index (χ1v) is 13.2. The van der Waals surface area contributed by atoms with Crippen LogP contribution in [-0.4, -0.2) is 27.2 Å². The number of halogens is 2. The van der Waals surface area contributed by atoms with Crippen molar-refractivity contribution in [2.45, 2.75) is 50.2 Å². The first kappa shape index (κ1) is 22.7. The van der Waals surface area contributed by atoms with Crippen molar-refractivity contribution in [1.29, 1.82) is 0 Å². The molecule has 4 aromatic rings. The predicted molar refractivity (Wildman–Crippen MR) is 138 cm³/mol. The first-order chi connectivity index (χ1) is 17.0. The van der Waals surface area contributed by atoms with Gasteiger partial charge in [0, 0.05) is 46.7 Å². The van der Waals surface area contributed by atoms with Gasteiger partial charge in [0.2, 0.25) is 0 Å². The highest BCUT2D eigenvalue weighted by molar-refractivity contribution is 7.98. The Morgan fingerprint density at radius 1 is 1.09 bits per heavy atom. The summed E-state index contributed by atoms with van der Waals surface area (Å²) >= 11 is 8.12. The van der Waals surface area contributed by atoms with Gasteiger partial charge in [-0.1, -0.05) is 53.7 Å². The van der Waals surface area contributed by atoms with Crippen LogP contribution in [0.4, 0.5) is 10.2 Å². The quantitative estimate of drug-likeness (QED) is 0.240. The average molecular weight is 507 g/mol. The molecule has 0 saturated heterocycles. The number of anilines is 1. The Balaban J connectivity index is 1.41. The minimum Gasteiger partial charge on any atom is -0.368 e. The van der Waals surface area contributed by atoms with E-state index >= 15 is 0 Å². The predicted octanol–water partition coefficient (Wildman–Crippen LogP) is 6.30. The smallest absolute Gasteiger partial charge is 0.189 e. The van der Waals surface area contributed by atoms with Crippen LogP contribution in [-0.2, 0) is 30.7 Å². The molecule has 2 atom stereocenters. The lowest BCUT2D eigenvalue weighted by Crippen LogP contribution is -2.41. The summed E-state index contributed by atoms with van der Waals surface area (Å²) in [6.07, 6.45) is 6.22. The van der Waals surface area contributed by atoms with Crippen LogP contribution in [0, 0.1) is 5.82 Å². The van der Waals surface area contributed by atoms with Gasteiger partial charge in [-0.05, 0) is 42.2 Å². The van der Waals surface area contributed by atoms with Gasteiger partial charge >= 0.3 is 0 Å². The highest BCUT2D eigenvalue weighted by Gasteiger charge is 2.33. The van der Waals surface area contributed by atoms with E-state index in [1.54, 1.807) is 6.20 Å². The number of hydrogen-bond acceptors (Lipinski definition) is 6.